The van der Waals surface area contributed by atoms with Crippen LogP contribution in [0.5, 0.6) is 0 Å². The predicted molar refractivity (Wildman–Crippen MR) is 38.7 cm³/mol. The molecule has 1 aromatic heterocycles. The number of aromatic nitrogens is 1. The number of nitrogens with one attached hydrogen (secondary N) is 1. The second-order valence-electron chi connectivity index (χ2n) is 1.08. The SMILES string of the molecule is [C-]#[O+].[C-]#[O+].[C-]#[O+].[C-]#[O+].[Co].c1cc[nH+]cc1. The van der Waals surface area contributed by atoms with Crippen molar-refractivity contribution in [2.45, 2.75) is 0 Å². The summed E-state index contributed by atoms with van der Waals surface area (Å²) in [6.45, 7) is 18.0. The molecule has 0 aliphatic carbocycles. The second kappa shape index (κ2) is 79.9. The molecule has 5 nitrogen and oxygen atoms in total. The van der Waals surface area contributed by atoms with Crippen molar-refractivity contribution < 1.29 is 40.4 Å². The molecule has 1 heterocycles. The number of rotatable bonds is 0. The van der Waals surface area contributed by atoms with Crippen LogP contribution < -0.4 is 4.98 Å². The fourth-order valence-electron chi connectivity index (χ4n) is 0.342. The van der Waals surface area contributed by atoms with E-state index in [2.05, 4.69) is 31.6 Å². The van der Waals surface area contributed by atoms with Crippen LogP contribution in [0.1, 0.15) is 0 Å². The van der Waals surface area contributed by atoms with Crippen LogP contribution in [0.4, 0.5) is 0 Å². The monoisotopic (exact) mass is 251 g/mol. The molecule has 0 aliphatic heterocycles. The first-order chi connectivity index (χ1) is 7.00. The Bertz CT molecular complexity index is 192. The van der Waals surface area contributed by atoms with Gasteiger partial charge in [0.15, 0.2) is 12.4 Å². The molecule has 0 unspecified atom stereocenters. The van der Waals surface area contributed by atoms with Crippen molar-refractivity contribution in [2.24, 2.45) is 0 Å². The quantitative estimate of drug-likeness (QED) is 0.470. The topological polar surface area (TPSA) is 93.7 Å². The molecule has 0 spiro atoms. The van der Waals surface area contributed by atoms with Crippen molar-refractivity contribution in [1.82, 2.24) is 0 Å². The molecule has 1 aromatic rings. The summed E-state index contributed by atoms with van der Waals surface area (Å²) in [7, 11) is 0. The minimum Gasteiger partial charge on any atom is -0.218 e. The predicted octanol–water partition coefficient (Wildman–Crippen LogP) is 0.348. The van der Waals surface area contributed by atoms with Crippen LogP contribution in [0.3, 0.4) is 0 Å². The van der Waals surface area contributed by atoms with E-state index in [1.807, 2.05) is 30.6 Å². The van der Waals surface area contributed by atoms with Gasteiger partial charge < -0.3 is 0 Å². The first-order valence-corrected chi connectivity index (χ1v) is 2.73. The molecule has 15 heavy (non-hydrogen) atoms. The third-order valence-electron chi connectivity index (χ3n) is 0.607. The third-order valence-corrected chi connectivity index (χ3v) is 0.607. The normalized spacial score (nSPS) is 3.73. The van der Waals surface area contributed by atoms with Gasteiger partial charge in [-0.3, -0.25) is 0 Å². The van der Waals surface area contributed by atoms with Gasteiger partial charge in [-0.1, -0.05) is 6.07 Å². The van der Waals surface area contributed by atoms with Gasteiger partial charge in [-0.25, -0.2) is 4.98 Å². The Balaban J connectivity index is -0.0000000325. The Morgan fingerprint density at radius 2 is 0.867 bits per heavy atom. The fourth-order valence-corrected chi connectivity index (χ4v) is 0.342. The van der Waals surface area contributed by atoms with Gasteiger partial charge in [0, 0.05) is 28.9 Å². The average molecular weight is 251 g/mol. The molecule has 0 aliphatic rings. The van der Waals surface area contributed by atoms with Crippen LogP contribution in [0.15, 0.2) is 30.6 Å². The first kappa shape index (κ1) is 29.2. The molecule has 1 N–H and O–H groups in total. The zero-order chi connectivity index (χ0) is 12.2. The maximum atomic E-state index is 7.50. The molecule has 0 bridgehead atoms. The van der Waals surface area contributed by atoms with Crippen molar-refractivity contribution in [1.29, 1.82) is 0 Å². The van der Waals surface area contributed by atoms with E-state index in [0.29, 0.717) is 0 Å². The van der Waals surface area contributed by atoms with Gasteiger partial charge in [-0.15, -0.1) is 0 Å². The van der Waals surface area contributed by atoms with Crippen molar-refractivity contribution in [3.05, 3.63) is 57.2 Å². The van der Waals surface area contributed by atoms with Crippen LogP contribution in [-0.4, -0.2) is 0 Å². The Morgan fingerprint density at radius 1 is 0.600 bits per heavy atom. The molecular formula is C9H6CoNO4+. The standard InChI is InChI=1S/C5H5N.4CO.Co/c1-2-4-6-5-3-1;4*1-2;/h1-5H;;;;;/p+1. The van der Waals surface area contributed by atoms with Gasteiger partial charge in [0.1, 0.15) is 0 Å². The number of hydrogen-bond acceptors (Lipinski definition) is 0. The van der Waals surface area contributed by atoms with Gasteiger partial charge in [0.25, 0.3) is 0 Å². The van der Waals surface area contributed by atoms with E-state index in [1.165, 1.54) is 0 Å². The number of hydrogen-bond donors (Lipinski definition) is 0. The van der Waals surface area contributed by atoms with Gasteiger partial charge >= 0.3 is 45.2 Å². The smallest absolute Gasteiger partial charge is 0.166 e. The van der Waals surface area contributed by atoms with E-state index >= 15 is 0 Å². The third kappa shape index (κ3) is 66.7. The number of aromatic amines is 1. The Kier molecular flexibility index (Phi) is 155. The largest absolute Gasteiger partial charge is 0.218 e. The van der Waals surface area contributed by atoms with Gasteiger partial charge in [-0.05, 0) is 0 Å². The summed E-state index contributed by atoms with van der Waals surface area (Å²) in [5.74, 6) is 0. The van der Waals surface area contributed by atoms with E-state index in [1.54, 1.807) is 0 Å². The van der Waals surface area contributed by atoms with Gasteiger partial charge in [-0.2, -0.15) is 0 Å². The molecule has 0 atom stereocenters. The Hall–Kier alpha value is -1.38. The minimum atomic E-state index is 0. The van der Waals surface area contributed by atoms with Crippen molar-refractivity contribution in [3.8, 4) is 0 Å². The maximum Gasteiger partial charge on any atom is 0.166 e. The van der Waals surface area contributed by atoms with Gasteiger partial charge in [0.05, 0.1) is 0 Å². The van der Waals surface area contributed by atoms with E-state index in [9.17, 15) is 0 Å². The summed E-state index contributed by atoms with van der Waals surface area (Å²) in [4.78, 5) is 2.89. The van der Waals surface area contributed by atoms with E-state index in [4.69, 9.17) is 18.6 Å². The summed E-state index contributed by atoms with van der Waals surface area (Å²) in [5.41, 5.74) is 0. The van der Waals surface area contributed by atoms with Gasteiger partial charge in [0.2, 0.25) is 0 Å². The summed E-state index contributed by atoms with van der Waals surface area (Å²) < 4.78 is 30.0. The molecule has 1 rings (SSSR count). The van der Waals surface area contributed by atoms with Crippen LogP contribution >= 0.6 is 0 Å². The molecule has 0 saturated heterocycles. The molecule has 0 aromatic carbocycles. The van der Waals surface area contributed by atoms with Crippen molar-refractivity contribution in [3.63, 3.8) is 0 Å². The first-order valence-electron chi connectivity index (χ1n) is 2.73. The van der Waals surface area contributed by atoms with E-state index in [0.717, 1.165) is 0 Å². The van der Waals surface area contributed by atoms with Crippen molar-refractivity contribution >= 4 is 0 Å². The molecular weight excluding hydrogens is 245 g/mol. The molecule has 1 radical (unpaired) electrons. The molecule has 0 saturated carbocycles. The zero-order valence-corrected chi connectivity index (χ0v) is 8.39. The van der Waals surface area contributed by atoms with Crippen LogP contribution in [0.25, 0.3) is 0 Å². The minimum absolute atomic E-state index is 0. The van der Waals surface area contributed by atoms with E-state index < -0.39 is 0 Å². The summed E-state index contributed by atoms with van der Waals surface area (Å²) in [6, 6.07) is 5.86. The summed E-state index contributed by atoms with van der Waals surface area (Å²) in [5, 5.41) is 0. The zero-order valence-electron chi connectivity index (χ0n) is 7.35. The summed E-state index contributed by atoms with van der Waals surface area (Å²) in [6.07, 6.45) is 3.75. The molecule has 0 amide bonds. The van der Waals surface area contributed by atoms with Crippen molar-refractivity contribution in [2.75, 3.05) is 0 Å². The van der Waals surface area contributed by atoms with Crippen LogP contribution in [-0.2, 0) is 35.4 Å². The van der Waals surface area contributed by atoms with Crippen LogP contribution in [0, 0.1) is 26.6 Å². The molecule has 79 valence electrons. The Morgan fingerprint density at radius 3 is 0.933 bits per heavy atom. The van der Waals surface area contributed by atoms with Crippen LogP contribution in [0.2, 0.25) is 0 Å². The maximum absolute atomic E-state index is 7.50. The fraction of sp³-hybridized carbons (Fsp3) is 0. The summed E-state index contributed by atoms with van der Waals surface area (Å²) >= 11 is 0. The van der Waals surface area contributed by atoms with E-state index in [-0.39, 0.29) is 16.8 Å². The number of pyridine rings is 1. The Labute approximate surface area is 98.0 Å². The average Bonchev–Trinajstić information content (AvgIpc) is 2.41. The second-order valence-corrected chi connectivity index (χ2v) is 1.08. The molecule has 6 heteroatoms. The molecule has 0 fully saturated rings. The number of H-pyrrole nitrogens is 1.